The zero-order chi connectivity index (χ0) is 16.2. The molecule has 0 unspecified atom stereocenters. The summed E-state index contributed by atoms with van der Waals surface area (Å²) >= 11 is 1.66. The summed E-state index contributed by atoms with van der Waals surface area (Å²) in [5.74, 6) is 0.0413. The van der Waals surface area contributed by atoms with Crippen LogP contribution in [0, 0.1) is 5.92 Å². The Hall–Kier alpha value is -2.21. The zero-order valence-electron chi connectivity index (χ0n) is 13.0. The molecule has 0 spiro atoms. The second-order valence-corrected chi connectivity index (χ2v) is 6.63. The topological polar surface area (TPSA) is 55.2 Å². The second-order valence-electron chi connectivity index (χ2n) is 5.65. The van der Waals surface area contributed by atoms with E-state index >= 15 is 0 Å². The molecule has 23 heavy (non-hydrogen) atoms. The van der Waals surface area contributed by atoms with E-state index in [0.717, 1.165) is 10.6 Å². The minimum absolute atomic E-state index is 0.0176. The third-order valence-corrected chi connectivity index (χ3v) is 4.92. The number of thiophene rings is 1. The van der Waals surface area contributed by atoms with Crippen LogP contribution < -0.4 is 0 Å². The second kappa shape index (κ2) is 6.91. The lowest BCUT2D eigenvalue weighted by atomic mass is 9.96. The molecule has 3 rings (SSSR count). The molecule has 1 aliphatic heterocycles. The highest BCUT2D eigenvalue weighted by atomic mass is 32.1. The van der Waals surface area contributed by atoms with E-state index in [2.05, 4.69) is 5.10 Å². The molecule has 2 aromatic rings. The van der Waals surface area contributed by atoms with Gasteiger partial charge in [-0.3, -0.25) is 9.59 Å². The normalized spacial score (nSPS) is 16.1. The van der Waals surface area contributed by atoms with Crippen LogP contribution >= 0.6 is 11.3 Å². The number of aromatic nitrogens is 2. The number of amides is 1. The molecule has 1 amide bonds. The minimum atomic E-state index is -0.0559. The Balaban J connectivity index is 1.61. The molecule has 0 radical (unpaired) electrons. The number of piperidine rings is 1. The number of hydrogen-bond donors (Lipinski definition) is 0. The Kier molecular flexibility index (Phi) is 4.71. The Morgan fingerprint density at radius 2 is 2.04 bits per heavy atom. The molecule has 6 heteroatoms. The number of nitrogens with zero attached hydrogens (tertiary/aromatic N) is 3. The molecule has 0 N–H and O–H groups in total. The van der Waals surface area contributed by atoms with Crippen molar-refractivity contribution in [3.63, 3.8) is 0 Å². The summed E-state index contributed by atoms with van der Waals surface area (Å²) in [6.07, 6.45) is 7.03. The van der Waals surface area contributed by atoms with E-state index in [1.807, 2.05) is 35.7 Å². The Morgan fingerprint density at radius 1 is 1.26 bits per heavy atom. The Bertz CT molecular complexity index is 710. The lowest BCUT2D eigenvalue weighted by Crippen LogP contribution is -2.40. The van der Waals surface area contributed by atoms with Gasteiger partial charge in [-0.1, -0.05) is 6.07 Å². The summed E-state index contributed by atoms with van der Waals surface area (Å²) in [5.41, 5.74) is 0.771. The highest BCUT2D eigenvalue weighted by Gasteiger charge is 2.27. The Labute approximate surface area is 139 Å². The Morgan fingerprint density at radius 3 is 2.70 bits per heavy atom. The van der Waals surface area contributed by atoms with Gasteiger partial charge in [-0.2, -0.15) is 5.10 Å². The van der Waals surface area contributed by atoms with E-state index < -0.39 is 0 Å². The van der Waals surface area contributed by atoms with Crippen molar-refractivity contribution in [2.24, 2.45) is 5.92 Å². The van der Waals surface area contributed by atoms with E-state index in [1.54, 1.807) is 29.4 Å². The molecule has 1 fully saturated rings. The van der Waals surface area contributed by atoms with E-state index in [-0.39, 0.29) is 17.7 Å². The first-order chi connectivity index (χ1) is 11.1. The fourth-order valence-electron chi connectivity index (χ4n) is 2.73. The van der Waals surface area contributed by atoms with Crippen molar-refractivity contribution in [2.45, 2.75) is 19.8 Å². The largest absolute Gasteiger partial charge is 0.343 e. The maximum absolute atomic E-state index is 12.5. The number of carbonyl (C=O) groups excluding carboxylic acids is 2. The van der Waals surface area contributed by atoms with Gasteiger partial charge in [-0.15, -0.1) is 11.3 Å². The summed E-state index contributed by atoms with van der Waals surface area (Å²) in [7, 11) is 0. The van der Waals surface area contributed by atoms with Crippen molar-refractivity contribution in [1.29, 1.82) is 0 Å². The molecule has 5 nitrogen and oxygen atoms in total. The number of carbonyl (C=O) groups is 2. The van der Waals surface area contributed by atoms with Crippen molar-refractivity contribution < 1.29 is 9.59 Å². The van der Waals surface area contributed by atoms with Gasteiger partial charge in [0.1, 0.15) is 0 Å². The molecule has 0 aliphatic carbocycles. The first-order valence-corrected chi connectivity index (χ1v) is 8.58. The SMILES string of the molecule is CC(=O)N1CCC(C(=O)n2ccc(/C=C/c3cccs3)n2)CC1. The van der Waals surface area contributed by atoms with Crippen LogP contribution in [-0.4, -0.2) is 39.6 Å². The van der Waals surface area contributed by atoms with Crippen LogP contribution in [0.4, 0.5) is 0 Å². The van der Waals surface area contributed by atoms with Crippen LogP contribution in [0.2, 0.25) is 0 Å². The fraction of sp³-hybridized carbons (Fsp3) is 0.353. The van der Waals surface area contributed by atoms with Gasteiger partial charge in [-0.25, -0.2) is 4.68 Å². The summed E-state index contributed by atoms with van der Waals surface area (Å²) < 4.78 is 1.43. The summed E-state index contributed by atoms with van der Waals surface area (Å²) in [4.78, 5) is 26.8. The van der Waals surface area contributed by atoms with Gasteiger partial charge in [-0.05, 0) is 42.5 Å². The highest BCUT2D eigenvalue weighted by molar-refractivity contribution is 7.10. The van der Waals surface area contributed by atoms with E-state index in [9.17, 15) is 9.59 Å². The highest BCUT2D eigenvalue weighted by Crippen LogP contribution is 2.19. The van der Waals surface area contributed by atoms with Crippen LogP contribution in [-0.2, 0) is 4.79 Å². The number of likely N-dealkylation sites (tertiary alicyclic amines) is 1. The molecule has 0 saturated carbocycles. The third kappa shape index (κ3) is 3.76. The smallest absolute Gasteiger partial charge is 0.250 e. The molecule has 120 valence electrons. The predicted molar refractivity (Wildman–Crippen MR) is 91.1 cm³/mol. The van der Waals surface area contributed by atoms with Gasteiger partial charge in [0.25, 0.3) is 0 Å². The number of hydrogen-bond acceptors (Lipinski definition) is 4. The van der Waals surface area contributed by atoms with Gasteiger partial charge in [0.05, 0.1) is 5.69 Å². The quantitative estimate of drug-likeness (QED) is 0.870. The summed E-state index contributed by atoms with van der Waals surface area (Å²) in [6.45, 7) is 2.87. The summed E-state index contributed by atoms with van der Waals surface area (Å²) in [5, 5.41) is 6.37. The molecule has 1 saturated heterocycles. The van der Waals surface area contributed by atoms with Crippen LogP contribution in [0.5, 0.6) is 0 Å². The summed E-state index contributed by atoms with van der Waals surface area (Å²) in [6, 6.07) is 5.87. The van der Waals surface area contributed by atoms with E-state index in [0.29, 0.717) is 25.9 Å². The molecule has 2 aromatic heterocycles. The van der Waals surface area contributed by atoms with Gasteiger partial charge < -0.3 is 4.90 Å². The lowest BCUT2D eigenvalue weighted by molar-refractivity contribution is -0.130. The van der Waals surface area contributed by atoms with Gasteiger partial charge in [0, 0.05) is 37.0 Å². The average Bonchev–Trinajstić information content (AvgIpc) is 3.24. The van der Waals surface area contributed by atoms with Crippen LogP contribution in [0.15, 0.2) is 29.8 Å². The van der Waals surface area contributed by atoms with Crippen LogP contribution in [0.25, 0.3) is 12.2 Å². The fourth-order valence-corrected chi connectivity index (χ4v) is 3.35. The maximum atomic E-state index is 12.5. The van der Waals surface area contributed by atoms with E-state index in [1.165, 1.54) is 4.68 Å². The first kappa shape index (κ1) is 15.7. The lowest BCUT2D eigenvalue weighted by Gasteiger charge is -2.30. The van der Waals surface area contributed by atoms with Crippen molar-refractivity contribution >= 4 is 35.3 Å². The van der Waals surface area contributed by atoms with Crippen molar-refractivity contribution in [2.75, 3.05) is 13.1 Å². The van der Waals surface area contributed by atoms with Crippen molar-refractivity contribution in [1.82, 2.24) is 14.7 Å². The maximum Gasteiger partial charge on any atom is 0.250 e. The van der Waals surface area contributed by atoms with Gasteiger partial charge in [0.2, 0.25) is 11.8 Å². The number of rotatable bonds is 3. The first-order valence-electron chi connectivity index (χ1n) is 7.70. The standard InChI is InChI=1S/C17H19N3O2S/c1-13(21)19-9-6-14(7-10-19)17(22)20-11-8-15(18-20)4-5-16-3-2-12-23-16/h2-5,8,11-12,14H,6-7,9-10H2,1H3/b5-4+. The molecular weight excluding hydrogens is 310 g/mol. The van der Waals surface area contributed by atoms with Crippen LogP contribution in [0.1, 0.15) is 35.1 Å². The predicted octanol–water partition coefficient (Wildman–Crippen LogP) is 3.01. The third-order valence-electron chi connectivity index (χ3n) is 4.09. The van der Waals surface area contributed by atoms with Gasteiger partial charge >= 0.3 is 0 Å². The van der Waals surface area contributed by atoms with Crippen molar-refractivity contribution in [3.05, 3.63) is 40.3 Å². The van der Waals surface area contributed by atoms with Crippen molar-refractivity contribution in [3.8, 4) is 0 Å². The monoisotopic (exact) mass is 329 g/mol. The molecule has 0 atom stereocenters. The zero-order valence-corrected chi connectivity index (χ0v) is 13.8. The molecule has 0 bridgehead atoms. The molecule has 1 aliphatic rings. The molecular formula is C17H19N3O2S. The van der Waals surface area contributed by atoms with Gasteiger partial charge in [0.15, 0.2) is 0 Å². The van der Waals surface area contributed by atoms with Crippen LogP contribution in [0.3, 0.4) is 0 Å². The van der Waals surface area contributed by atoms with E-state index in [4.69, 9.17) is 0 Å². The molecule has 3 heterocycles. The molecule has 0 aromatic carbocycles. The minimum Gasteiger partial charge on any atom is -0.343 e. The average molecular weight is 329 g/mol.